The number of piperidine rings is 1. The van der Waals surface area contributed by atoms with E-state index in [4.69, 9.17) is 0 Å². The number of urea groups is 1. The predicted octanol–water partition coefficient (Wildman–Crippen LogP) is 3.68. The van der Waals surface area contributed by atoms with Crippen LogP contribution in [0.25, 0.3) is 0 Å². The van der Waals surface area contributed by atoms with E-state index in [1.165, 1.54) is 17.5 Å². The molecule has 152 valence electrons. The molecule has 1 aromatic rings. The molecule has 1 spiro atoms. The lowest BCUT2D eigenvalue weighted by atomic mass is 9.73. The fourth-order valence-corrected chi connectivity index (χ4v) is 5.22. The first kappa shape index (κ1) is 19.3. The summed E-state index contributed by atoms with van der Waals surface area (Å²) in [6.45, 7) is 5.56. The summed E-state index contributed by atoms with van der Waals surface area (Å²) in [5.74, 6) is 0.502. The Balaban J connectivity index is 1.44. The summed E-state index contributed by atoms with van der Waals surface area (Å²) >= 11 is 0. The Hall–Kier alpha value is -2.04. The van der Waals surface area contributed by atoms with Gasteiger partial charge >= 0.3 is 6.03 Å². The molecule has 3 aliphatic rings. The van der Waals surface area contributed by atoms with Crippen molar-refractivity contribution in [3.63, 3.8) is 0 Å². The van der Waals surface area contributed by atoms with Gasteiger partial charge in [-0.05, 0) is 74.8 Å². The lowest BCUT2D eigenvalue weighted by Gasteiger charge is -2.40. The third kappa shape index (κ3) is 3.76. The van der Waals surface area contributed by atoms with E-state index in [-0.39, 0.29) is 23.4 Å². The van der Waals surface area contributed by atoms with Crippen molar-refractivity contribution in [2.75, 3.05) is 13.1 Å². The van der Waals surface area contributed by atoms with Crippen molar-refractivity contribution in [1.82, 2.24) is 15.5 Å². The molecule has 5 heteroatoms. The van der Waals surface area contributed by atoms with Crippen LogP contribution < -0.4 is 10.6 Å². The summed E-state index contributed by atoms with van der Waals surface area (Å²) in [6.07, 6.45) is 7.08. The highest BCUT2D eigenvalue weighted by Gasteiger charge is 2.46. The topological polar surface area (TPSA) is 61.4 Å². The molecule has 3 amide bonds. The van der Waals surface area contributed by atoms with Crippen molar-refractivity contribution in [2.24, 2.45) is 0 Å². The Morgan fingerprint density at radius 2 is 1.89 bits per heavy atom. The Bertz CT molecular complexity index is 733. The van der Waals surface area contributed by atoms with E-state index in [2.05, 4.69) is 34.9 Å². The minimum Gasteiger partial charge on any atom is -0.353 e. The van der Waals surface area contributed by atoms with Gasteiger partial charge in [0.1, 0.15) is 0 Å². The monoisotopic (exact) mass is 383 g/mol. The van der Waals surface area contributed by atoms with Crippen molar-refractivity contribution in [1.29, 1.82) is 0 Å². The molecule has 5 nitrogen and oxygen atoms in total. The van der Waals surface area contributed by atoms with Gasteiger partial charge in [0.25, 0.3) is 0 Å². The fourth-order valence-electron chi connectivity index (χ4n) is 5.22. The lowest BCUT2D eigenvalue weighted by molar-refractivity contribution is -0.122. The van der Waals surface area contributed by atoms with Gasteiger partial charge in [-0.3, -0.25) is 4.79 Å². The summed E-state index contributed by atoms with van der Waals surface area (Å²) < 4.78 is 0. The van der Waals surface area contributed by atoms with Gasteiger partial charge < -0.3 is 15.5 Å². The molecule has 1 aliphatic heterocycles. The van der Waals surface area contributed by atoms with Gasteiger partial charge in [0.2, 0.25) is 5.91 Å². The molecule has 1 atom stereocenters. The van der Waals surface area contributed by atoms with Crippen LogP contribution in [0.1, 0.15) is 75.8 Å². The molecule has 2 aliphatic carbocycles. The number of hydrogen-bond acceptors (Lipinski definition) is 2. The summed E-state index contributed by atoms with van der Waals surface area (Å²) in [5, 5.41) is 6.21. The van der Waals surface area contributed by atoms with Crippen molar-refractivity contribution >= 4 is 11.9 Å². The Labute approximate surface area is 168 Å². The van der Waals surface area contributed by atoms with E-state index in [1.807, 2.05) is 18.7 Å². The highest BCUT2D eigenvalue weighted by Crippen LogP contribution is 2.52. The van der Waals surface area contributed by atoms with Gasteiger partial charge in [-0.25, -0.2) is 4.79 Å². The number of hydrogen-bond donors (Lipinski definition) is 2. The van der Waals surface area contributed by atoms with Gasteiger partial charge in [0, 0.05) is 31.6 Å². The molecule has 1 heterocycles. The quantitative estimate of drug-likeness (QED) is 0.833. The number of likely N-dealkylation sites (tertiary alicyclic amines) is 1. The minimum absolute atomic E-state index is 0.0487. The van der Waals surface area contributed by atoms with Crippen LogP contribution in [0.3, 0.4) is 0 Å². The number of nitrogens with zero attached hydrogens (tertiary/aromatic N) is 1. The summed E-state index contributed by atoms with van der Waals surface area (Å²) in [6, 6.07) is 9.30. The highest BCUT2D eigenvalue weighted by molar-refractivity contribution is 5.78. The second kappa shape index (κ2) is 7.76. The molecule has 1 saturated heterocycles. The second-order valence-corrected chi connectivity index (χ2v) is 9.26. The van der Waals surface area contributed by atoms with E-state index in [1.54, 1.807) is 0 Å². The molecule has 28 heavy (non-hydrogen) atoms. The molecular formula is C23H33N3O2. The van der Waals surface area contributed by atoms with Crippen molar-refractivity contribution in [2.45, 2.75) is 82.2 Å². The van der Waals surface area contributed by atoms with Crippen LogP contribution in [-0.4, -0.2) is 42.0 Å². The molecule has 1 aromatic carbocycles. The molecule has 0 bridgehead atoms. The molecule has 2 fully saturated rings. The van der Waals surface area contributed by atoms with Gasteiger partial charge in [-0.15, -0.1) is 0 Å². The number of nitrogens with one attached hydrogen (secondary N) is 2. The van der Waals surface area contributed by atoms with E-state index in [0.29, 0.717) is 18.4 Å². The van der Waals surface area contributed by atoms with Crippen LogP contribution in [0.5, 0.6) is 0 Å². The Morgan fingerprint density at radius 3 is 2.54 bits per heavy atom. The van der Waals surface area contributed by atoms with Gasteiger partial charge in [-0.2, -0.15) is 0 Å². The summed E-state index contributed by atoms with van der Waals surface area (Å²) in [4.78, 5) is 26.9. The third-order valence-corrected chi connectivity index (χ3v) is 6.93. The fraction of sp³-hybridized carbons (Fsp3) is 0.652. The number of benzene rings is 1. The van der Waals surface area contributed by atoms with E-state index in [9.17, 15) is 9.59 Å². The van der Waals surface area contributed by atoms with E-state index >= 15 is 0 Å². The number of carbonyl (C=O) groups is 2. The second-order valence-electron chi connectivity index (χ2n) is 9.26. The van der Waals surface area contributed by atoms with Crippen LogP contribution in [0, 0.1) is 0 Å². The number of rotatable bonds is 4. The molecule has 2 N–H and O–H groups in total. The first-order valence-electron chi connectivity index (χ1n) is 10.9. The summed E-state index contributed by atoms with van der Waals surface area (Å²) in [7, 11) is 0. The number of fused-ring (bicyclic) bond motifs is 2. The maximum Gasteiger partial charge on any atom is 0.317 e. The lowest BCUT2D eigenvalue weighted by Crippen LogP contribution is -2.49. The largest absolute Gasteiger partial charge is 0.353 e. The van der Waals surface area contributed by atoms with Crippen LogP contribution in [0.4, 0.5) is 4.79 Å². The zero-order valence-electron chi connectivity index (χ0n) is 17.2. The Kier molecular flexibility index (Phi) is 5.35. The highest BCUT2D eigenvalue weighted by atomic mass is 16.2. The van der Waals surface area contributed by atoms with Gasteiger partial charge in [0.15, 0.2) is 0 Å². The SMILES string of the molecule is CC(C)NC(=O)N1CCC2(CC1)CC(CC(=O)NC1CCC1)c1ccccc12. The van der Waals surface area contributed by atoms with E-state index < -0.39 is 0 Å². The van der Waals surface area contributed by atoms with Gasteiger partial charge in [0.05, 0.1) is 0 Å². The van der Waals surface area contributed by atoms with Crippen LogP contribution in [-0.2, 0) is 10.2 Å². The van der Waals surface area contributed by atoms with Crippen molar-refractivity contribution in [3.8, 4) is 0 Å². The minimum atomic E-state index is 0.0487. The smallest absolute Gasteiger partial charge is 0.317 e. The molecule has 1 unspecified atom stereocenters. The first-order valence-corrected chi connectivity index (χ1v) is 10.9. The average Bonchev–Trinajstić information content (AvgIpc) is 2.92. The van der Waals surface area contributed by atoms with E-state index in [0.717, 1.165) is 45.2 Å². The maximum absolute atomic E-state index is 12.6. The van der Waals surface area contributed by atoms with Crippen molar-refractivity contribution < 1.29 is 9.59 Å². The zero-order chi connectivity index (χ0) is 19.7. The van der Waals surface area contributed by atoms with Crippen LogP contribution >= 0.6 is 0 Å². The molecule has 0 aromatic heterocycles. The van der Waals surface area contributed by atoms with Crippen LogP contribution in [0.15, 0.2) is 24.3 Å². The predicted molar refractivity (Wildman–Crippen MR) is 110 cm³/mol. The average molecular weight is 384 g/mol. The molecule has 4 rings (SSSR count). The maximum atomic E-state index is 12.6. The molecule has 0 radical (unpaired) electrons. The molecular weight excluding hydrogens is 350 g/mol. The van der Waals surface area contributed by atoms with Crippen molar-refractivity contribution in [3.05, 3.63) is 35.4 Å². The Morgan fingerprint density at radius 1 is 1.18 bits per heavy atom. The normalized spacial score (nSPS) is 23.4. The van der Waals surface area contributed by atoms with Gasteiger partial charge in [-0.1, -0.05) is 24.3 Å². The summed E-state index contributed by atoms with van der Waals surface area (Å²) in [5.41, 5.74) is 2.89. The number of amides is 3. The zero-order valence-corrected chi connectivity index (χ0v) is 17.2. The van der Waals surface area contributed by atoms with Crippen LogP contribution in [0.2, 0.25) is 0 Å². The third-order valence-electron chi connectivity index (χ3n) is 6.93. The molecule has 1 saturated carbocycles. The number of carbonyl (C=O) groups excluding carboxylic acids is 2. The standard InChI is InChI=1S/C23H33N3O2/c1-16(2)24-22(28)26-12-10-23(11-13-26)15-17(19-8-3-4-9-20(19)23)14-21(27)25-18-6-5-7-18/h3-4,8-9,16-18H,5-7,10-15H2,1-2H3,(H,24,28)(H,25,27). The first-order chi connectivity index (χ1) is 13.5.